The minimum atomic E-state index is -0.272. The molecular formula is C15H12N5O2+. The predicted octanol–water partition coefficient (Wildman–Crippen LogP) is 0.156. The Balaban J connectivity index is 2.28. The molecule has 0 saturated heterocycles. The van der Waals surface area contributed by atoms with Crippen LogP contribution in [0.2, 0.25) is 0 Å². The number of carbonyl (C=O) groups excluding carboxylic acids is 1. The van der Waals surface area contributed by atoms with Crippen LogP contribution in [0.25, 0.3) is 28.7 Å². The lowest BCUT2D eigenvalue weighted by atomic mass is 10.0. The van der Waals surface area contributed by atoms with Gasteiger partial charge in [-0.05, 0) is 29.0 Å². The monoisotopic (exact) mass is 294 g/mol. The molecule has 0 aliphatic carbocycles. The molecule has 1 aliphatic rings. The van der Waals surface area contributed by atoms with E-state index in [9.17, 15) is 4.79 Å². The summed E-state index contributed by atoms with van der Waals surface area (Å²) in [7, 11) is 1.55. The molecule has 22 heavy (non-hydrogen) atoms. The van der Waals surface area contributed by atoms with Crippen LogP contribution < -0.4 is 20.3 Å². The molecule has 1 aliphatic heterocycles. The van der Waals surface area contributed by atoms with Crippen LogP contribution in [-0.2, 0) is 4.79 Å². The van der Waals surface area contributed by atoms with Crippen molar-refractivity contribution in [2.24, 2.45) is 5.11 Å². The summed E-state index contributed by atoms with van der Waals surface area (Å²) in [5.74, 6) is 0.344. The summed E-state index contributed by atoms with van der Waals surface area (Å²) in [4.78, 5) is 20.8. The fourth-order valence-electron chi connectivity index (χ4n) is 2.41. The van der Waals surface area contributed by atoms with Crippen LogP contribution in [0.15, 0.2) is 29.5 Å². The van der Waals surface area contributed by atoms with Gasteiger partial charge in [0.2, 0.25) is 5.36 Å². The van der Waals surface area contributed by atoms with Gasteiger partial charge in [0.05, 0.1) is 24.1 Å². The number of benzene rings is 1. The third-order valence-corrected chi connectivity index (χ3v) is 3.42. The summed E-state index contributed by atoms with van der Waals surface area (Å²) in [5, 5.41) is 4.83. The minimum absolute atomic E-state index is 0.272. The molecule has 1 amide bonds. The molecule has 0 radical (unpaired) electrons. The van der Waals surface area contributed by atoms with Gasteiger partial charge in [0, 0.05) is 17.2 Å². The number of H-pyrrole nitrogens is 1. The Hall–Kier alpha value is -3.31. The number of aromatic nitrogens is 1. The van der Waals surface area contributed by atoms with Crippen LogP contribution in [0, 0.1) is 0 Å². The standard InChI is InChI=1S/C15H11N5O2/c1-8-3-4-10-13(14(8)19-20-16)9(15(21)18-10)7-11-12(22-2)5-6-17-11/h3-7,17H,1H2,2H3/p+1/b9-7-. The zero-order chi connectivity index (χ0) is 15.7. The lowest BCUT2D eigenvalue weighted by Gasteiger charge is -2.01. The van der Waals surface area contributed by atoms with Crippen molar-refractivity contribution in [2.45, 2.75) is 0 Å². The maximum absolute atomic E-state index is 12.2. The highest BCUT2D eigenvalue weighted by molar-refractivity contribution is 6.22. The molecule has 0 atom stereocenters. The third-order valence-electron chi connectivity index (χ3n) is 3.42. The smallest absolute Gasteiger partial charge is 0.419 e. The highest BCUT2D eigenvalue weighted by Crippen LogP contribution is 2.26. The van der Waals surface area contributed by atoms with Crippen LogP contribution in [0.5, 0.6) is 5.75 Å². The van der Waals surface area contributed by atoms with Crippen molar-refractivity contribution in [3.05, 3.63) is 56.7 Å². The Kier molecular flexibility index (Phi) is 3.25. The van der Waals surface area contributed by atoms with Crippen molar-refractivity contribution in [1.29, 1.82) is 0 Å². The van der Waals surface area contributed by atoms with Gasteiger partial charge in [0.25, 0.3) is 0 Å². The first-order valence-electron chi connectivity index (χ1n) is 6.44. The van der Waals surface area contributed by atoms with Gasteiger partial charge in [-0.25, -0.2) is 4.79 Å². The third kappa shape index (κ3) is 2.06. The maximum Gasteiger partial charge on any atom is 0.419 e. The molecule has 0 spiro atoms. The van der Waals surface area contributed by atoms with Gasteiger partial charge in [0.15, 0.2) is 0 Å². The summed E-state index contributed by atoms with van der Waals surface area (Å²) in [6, 6.07) is 5.19. The summed E-state index contributed by atoms with van der Waals surface area (Å²) in [6.45, 7) is 3.84. The van der Waals surface area contributed by atoms with Crippen LogP contribution in [0.3, 0.4) is 0 Å². The molecule has 1 aromatic carbocycles. The van der Waals surface area contributed by atoms with Gasteiger partial charge >= 0.3 is 5.91 Å². The fraction of sp³-hybridized carbons (Fsp3) is 0.0667. The number of rotatable bonds is 3. The molecule has 108 valence electrons. The number of methoxy groups -OCH3 is 1. The van der Waals surface area contributed by atoms with E-state index in [1.165, 1.54) is 0 Å². The van der Waals surface area contributed by atoms with Gasteiger partial charge in [-0.2, -0.15) is 4.99 Å². The van der Waals surface area contributed by atoms with E-state index in [0.717, 1.165) is 0 Å². The highest BCUT2D eigenvalue weighted by atomic mass is 16.5. The van der Waals surface area contributed by atoms with Gasteiger partial charge in [-0.15, -0.1) is 0 Å². The van der Waals surface area contributed by atoms with Crippen LogP contribution in [0.1, 0.15) is 11.3 Å². The van der Waals surface area contributed by atoms with Crippen molar-refractivity contribution in [3.8, 4) is 5.75 Å². The van der Waals surface area contributed by atoms with Gasteiger partial charge in [-0.1, -0.05) is 11.7 Å². The second-order valence-corrected chi connectivity index (χ2v) is 4.66. The van der Waals surface area contributed by atoms with Crippen molar-refractivity contribution in [2.75, 3.05) is 7.11 Å². The minimum Gasteiger partial charge on any atom is -0.495 e. The first-order valence-corrected chi connectivity index (χ1v) is 6.44. The van der Waals surface area contributed by atoms with Crippen molar-refractivity contribution < 1.29 is 14.5 Å². The molecular weight excluding hydrogens is 282 g/mol. The Morgan fingerprint density at radius 3 is 3.00 bits per heavy atom. The normalized spacial score (nSPS) is 14.4. The Bertz CT molecular complexity index is 964. The molecule has 1 aromatic heterocycles. The quantitative estimate of drug-likeness (QED) is 0.364. The molecule has 7 nitrogen and oxygen atoms in total. The van der Waals surface area contributed by atoms with E-state index in [-0.39, 0.29) is 5.91 Å². The molecule has 0 bridgehead atoms. The van der Waals surface area contributed by atoms with Crippen molar-refractivity contribution in [1.82, 2.24) is 4.98 Å². The average Bonchev–Trinajstić information content (AvgIpc) is 3.08. The second kappa shape index (κ2) is 5.23. The van der Waals surface area contributed by atoms with E-state index >= 15 is 0 Å². The predicted molar refractivity (Wildman–Crippen MR) is 80.3 cm³/mol. The number of ether oxygens (including phenoxy) is 1. The van der Waals surface area contributed by atoms with Crippen LogP contribution >= 0.6 is 0 Å². The fourth-order valence-corrected chi connectivity index (χ4v) is 2.41. The summed E-state index contributed by atoms with van der Waals surface area (Å²) < 4.78 is 5.22. The molecule has 0 fully saturated rings. The average molecular weight is 294 g/mol. The Morgan fingerprint density at radius 1 is 1.45 bits per heavy atom. The van der Waals surface area contributed by atoms with E-state index in [1.54, 1.807) is 37.6 Å². The highest BCUT2D eigenvalue weighted by Gasteiger charge is 2.30. The number of nitrogens with one attached hydrogen (secondary N) is 2. The summed E-state index contributed by atoms with van der Waals surface area (Å²) >= 11 is 0. The molecule has 7 heteroatoms. The van der Waals surface area contributed by atoms with Gasteiger partial charge < -0.3 is 9.72 Å². The van der Waals surface area contributed by atoms with Gasteiger partial charge in [0.1, 0.15) is 11.3 Å². The number of azide groups is 1. The summed E-state index contributed by atoms with van der Waals surface area (Å²) in [5.41, 5.74) is 10.7. The molecule has 0 unspecified atom stereocenters. The Labute approximate surface area is 124 Å². The topological polar surface area (TPSA) is 105 Å². The van der Waals surface area contributed by atoms with Crippen LogP contribution in [0.4, 0.5) is 5.69 Å². The number of nitrogens with zero attached hydrogens (tertiary/aromatic N) is 3. The number of carbonyl (C=O) groups is 1. The molecule has 0 saturated carbocycles. The molecule has 3 rings (SSSR count). The van der Waals surface area contributed by atoms with E-state index < -0.39 is 0 Å². The lowest BCUT2D eigenvalue weighted by Crippen LogP contribution is -2.77. The zero-order valence-electron chi connectivity index (χ0n) is 11.8. The molecule has 2 aromatic rings. The van der Waals surface area contributed by atoms with E-state index in [1.807, 2.05) is 0 Å². The first-order chi connectivity index (χ1) is 10.7. The van der Waals surface area contributed by atoms with E-state index in [4.69, 9.17) is 10.3 Å². The summed E-state index contributed by atoms with van der Waals surface area (Å²) in [6.07, 6.45) is 3.38. The van der Waals surface area contributed by atoms with Gasteiger partial charge in [-0.3, -0.25) is 0 Å². The maximum atomic E-state index is 12.2. The number of hydrogen-bond donors (Lipinski definition) is 2. The Morgan fingerprint density at radius 2 is 2.27 bits per heavy atom. The number of fused-ring (bicyclic) bond motifs is 1. The van der Waals surface area contributed by atoms with Crippen LogP contribution in [-0.4, -0.2) is 18.0 Å². The first kappa shape index (κ1) is 13.7. The van der Waals surface area contributed by atoms with Crippen molar-refractivity contribution in [3.63, 3.8) is 0 Å². The zero-order valence-corrected chi connectivity index (χ0v) is 11.8. The number of hydrogen-bond acceptors (Lipinski definition) is 3. The van der Waals surface area contributed by atoms with E-state index in [0.29, 0.717) is 38.8 Å². The second-order valence-electron chi connectivity index (χ2n) is 4.66. The number of amides is 1. The van der Waals surface area contributed by atoms with E-state index in [2.05, 4.69) is 26.6 Å². The largest absolute Gasteiger partial charge is 0.495 e. The molecule has 2 heterocycles. The lowest BCUT2D eigenvalue weighted by molar-refractivity contribution is -0.405. The van der Waals surface area contributed by atoms with Crippen molar-refractivity contribution >= 4 is 29.8 Å². The molecule has 2 N–H and O–H groups in total. The SMILES string of the molecule is C=c1ccc2c(c1N=[N+]=[N-])/C(=C/c1[nH]ccc1OC)C(=O)[NH+]=2. The number of aromatic amines is 1.